The highest BCUT2D eigenvalue weighted by molar-refractivity contribution is 8.04. The second kappa shape index (κ2) is 1.32. The first-order chi connectivity index (χ1) is 2.00. The van der Waals surface area contributed by atoms with Gasteiger partial charge in [-0.15, -0.1) is 0 Å². The molecule has 5 heavy (non-hydrogen) atoms. The predicted molar refractivity (Wildman–Crippen MR) is 16.5 cm³/mol. The lowest BCUT2D eigenvalue weighted by Crippen LogP contribution is -2.23. The van der Waals surface area contributed by atoms with Crippen LogP contribution >= 0.6 is 6.72 Å². The molecule has 0 unspecified atom stereocenters. The lowest BCUT2D eigenvalue weighted by molar-refractivity contribution is -0.411. The Morgan fingerprint density at radius 2 is 1.40 bits per heavy atom. The van der Waals surface area contributed by atoms with E-state index < -0.39 is 6.72 Å². The zero-order chi connectivity index (χ0) is 4.50. The predicted octanol–water partition coefficient (Wildman–Crippen LogP) is -2.48. The Balaban J connectivity index is -0.0000000800. The first kappa shape index (κ1) is 5.53. The van der Waals surface area contributed by atoms with Gasteiger partial charge in [-0.3, -0.25) is 0 Å². The highest BCUT2D eigenvalue weighted by atomic mass is 32.5. The van der Waals surface area contributed by atoms with Gasteiger partial charge in [0.05, 0.1) is 0 Å². The van der Waals surface area contributed by atoms with E-state index in [-0.39, 0.29) is 2.85 Å². The molecule has 0 aliphatic heterocycles. The minimum Gasteiger partial charge on any atom is -0.844 e. The largest absolute Gasteiger partial charge is 1.00 e. The van der Waals surface area contributed by atoms with E-state index in [1.54, 1.807) is 0 Å². The van der Waals surface area contributed by atoms with Crippen molar-refractivity contribution in [2.45, 2.75) is 0 Å². The molecule has 0 atom stereocenters. The van der Waals surface area contributed by atoms with Gasteiger partial charge in [-0.2, -0.15) is 11.8 Å². The molecule has 0 heterocycles. The molecule has 0 amide bonds. The lowest BCUT2D eigenvalue weighted by Gasteiger charge is -2.43. The molecular formula is H2O3PS-. The summed E-state index contributed by atoms with van der Waals surface area (Å²) in [4.78, 5) is 26.8. The Morgan fingerprint density at radius 3 is 1.40 bits per heavy atom. The van der Waals surface area contributed by atoms with Crippen molar-refractivity contribution in [1.29, 1.82) is 0 Å². The first-order valence-corrected chi connectivity index (χ1v) is 3.29. The molecule has 0 fully saturated rings. The third kappa shape index (κ3) is 103. The Bertz CT molecular complexity index is 59.1. The normalized spacial score (nSPS) is 11.8. The van der Waals surface area contributed by atoms with Crippen LogP contribution in [0.25, 0.3) is 0 Å². The molecule has 0 aromatic rings. The van der Waals surface area contributed by atoms with Gasteiger partial charge in [-0.1, -0.05) is 0 Å². The summed E-state index contributed by atoms with van der Waals surface area (Å²) < 4.78 is 0. The average Bonchev–Trinajstić information content (AvgIpc) is 0.722. The lowest BCUT2D eigenvalue weighted by atomic mass is 15.8. The standard InChI is InChI=1S/H3O3PS/c1-4(2,3)5/h(H3,1,2,3,5)/p-1. The highest BCUT2D eigenvalue weighted by Crippen LogP contribution is 2.04. The van der Waals surface area contributed by atoms with Crippen LogP contribution in [0.5, 0.6) is 0 Å². The summed E-state index contributed by atoms with van der Waals surface area (Å²) in [6.07, 6.45) is 0. The SMILES string of the molecule is [H+].[H+].[O-]P([O-])([O-])=S. The molecule has 32 valence electrons. The van der Waals surface area contributed by atoms with E-state index in [2.05, 4.69) is 11.8 Å². The van der Waals surface area contributed by atoms with E-state index in [0.29, 0.717) is 0 Å². The molecule has 0 saturated carbocycles. The van der Waals surface area contributed by atoms with Crippen LogP contribution in [0.4, 0.5) is 0 Å². The van der Waals surface area contributed by atoms with E-state index in [9.17, 15) is 0 Å². The van der Waals surface area contributed by atoms with Gasteiger partial charge in [-0.05, 0) is 0 Å². The van der Waals surface area contributed by atoms with E-state index in [1.165, 1.54) is 0 Å². The molecule has 0 aromatic carbocycles. The van der Waals surface area contributed by atoms with Crippen LogP contribution in [0, 0.1) is 0 Å². The van der Waals surface area contributed by atoms with Crippen LogP contribution in [0.2, 0.25) is 0 Å². The van der Waals surface area contributed by atoms with Gasteiger partial charge >= 0.3 is 2.85 Å². The molecule has 0 aliphatic rings. The van der Waals surface area contributed by atoms with Crippen LogP contribution in [0.15, 0.2) is 0 Å². The van der Waals surface area contributed by atoms with E-state index in [4.69, 9.17) is 14.7 Å². The van der Waals surface area contributed by atoms with Gasteiger partial charge in [0.1, 0.15) is 0 Å². The van der Waals surface area contributed by atoms with Crippen molar-refractivity contribution >= 4 is 18.5 Å². The maximum atomic E-state index is 8.92. The smallest absolute Gasteiger partial charge is 0.844 e. The molecule has 0 saturated heterocycles. The van der Waals surface area contributed by atoms with Crippen LogP contribution in [-0.4, -0.2) is 0 Å². The number of hydrogen-bond acceptors (Lipinski definition) is 4. The van der Waals surface area contributed by atoms with Gasteiger partial charge in [0.25, 0.3) is 0 Å². The van der Waals surface area contributed by atoms with Crippen molar-refractivity contribution in [3.05, 3.63) is 0 Å². The second-order valence-corrected chi connectivity index (χ2v) is 2.68. The minimum atomic E-state index is -4.56. The van der Waals surface area contributed by atoms with Crippen LogP contribution < -0.4 is 14.7 Å². The summed E-state index contributed by atoms with van der Waals surface area (Å²) in [6, 6.07) is 0. The van der Waals surface area contributed by atoms with E-state index >= 15 is 0 Å². The van der Waals surface area contributed by atoms with Crippen molar-refractivity contribution in [2.24, 2.45) is 0 Å². The first-order valence-electron chi connectivity index (χ1n) is 0.730. The molecule has 0 radical (unpaired) electrons. The van der Waals surface area contributed by atoms with E-state index in [1.807, 2.05) is 0 Å². The fourth-order valence-electron chi connectivity index (χ4n) is 0. The summed E-state index contributed by atoms with van der Waals surface area (Å²) in [7, 11) is 0. The zero-order valence-corrected chi connectivity index (χ0v) is 3.79. The van der Waals surface area contributed by atoms with Gasteiger partial charge < -0.3 is 21.4 Å². The summed E-state index contributed by atoms with van der Waals surface area (Å²) >= 11 is 3.27. The van der Waals surface area contributed by atoms with Gasteiger partial charge in [-0.25, -0.2) is 0 Å². The summed E-state index contributed by atoms with van der Waals surface area (Å²) in [6.45, 7) is -4.56. The minimum absolute atomic E-state index is 0. The molecule has 3 nitrogen and oxygen atoms in total. The van der Waals surface area contributed by atoms with Crippen molar-refractivity contribution in [2.75, 3.05) is 0 Å². The van der Waals surface area contributed by atoms with Crippen LogP contribution in [0.1, 0.15) is 2.85 Å². The Labute approximate surface area is 37.1 Å². The third-order valence-corrected chi connectivity index (χ3v) is 0. The Kier molecular flexibility index (Phi) is 1.46. The Hall–Kier alpha value is 0.530. The molecule has 0 bridgehead atoms. The van der Waals surface area contributed by atoms with Gasteiger partial charge in [0.2, 0.25) is 0 Å². The maximum absolute atomic E-state index is 8.92. The maximum Gasteiger partial charge on any atom is 1.00 e. The molecule has 0 aromatic heterocycles. The van der Waals surface area contributed by atoms with Crippen LogP contribution in [-0.2, 0) is 11.8 Å². The molecule has 0 rings (SSSR count). The summed E-state index contributed by atoms with van der Waals surface area (Å²) in [5.41, 5.74) is 0. The summed E-state index contributed by atoms with van der Waals surface area (Å²) in [5.74, 6) is 0. The monoisotopic (exact) mass is 113 g/mol. The average molecular weight is 113 g/mol. The fraction of sp³-hybridized carbons (Fsp3) is 0. The number of hydrogen-bond donors (Lipinski definition) is 0. The zero-order valence-electron chi connectivity index (χ0n) is 4.08. The van der Waals surface area contributed by atoms with Gasteiger partial charge in [0, 0.05) is 0 Å². The second-order valence-electron chi connectivity index (χ2n) is 0.447. The molecular weight excluding hydrogens is 111 g/mol. The van der Waals surface area contributed by atoms with E-state index in [0.717, 1.165) is 0 Å². The topological polar surface area (TPSA) is 69.2 Å². The van der Waals surface area contributed by atoms with Gasteiger partial charge in [0.15, 0.2) is 0 Å². The van der Waals surface area contributed by atoms with Crippen LogP contribution in [0.3, 0.4) is 0 Å². The van der Waals surface area contributed by atoms with Crippen molar-refractivity contribution < 1.29 is 17.5 Å². The Morgan fingerprint density at radius 1 is 1.40 bits per heavy atom. The quantitative estimate of drug-likeness (QED) is 0.326. The van der Waals surface area contributed by atoms with Crippen molar-refractivity contribution in [3.63, 3.8) is 0 Å². The van der Waals surface area contributed by atoms with Crippen molar-refractivity contribution in [1.82, 2.24) is 0 Å². The van der Waals surface area contributed by atoms with Crippen molar-refractivity contribution in [3.8, 4) is 0 Å². The summed E-state index contributed by atoms with van der Waals surface area (Å²) in [5, 5.41) is 0. The number of rotatable bonds is 0. The molecule has 0 spiro atoms. The molecule has 0 N–H and O–H groups in total. The highest BCUT2D eigenvalue weighted by Gasteiger charge is 1.37. The molecule has 5 heteroatoms. The third-order valence-electron chi connectivity index (χ3n) is 0. The molecule has 0 aliphatic carbocycles. The fourth-order valence-corrected chi connectivity index (χ4v) is 0.